The Bertz CT molecular complexity index is 254. The van der Waals surface area contributed by atoms with Gasteiger partial charge in [-0.3, -0.25) is 9.89 Å². The van der Waals surface area contributed by atoms with Gasteiger partial charge in [-0.25, -0.2) is 0 Å². The molecular weight excluding hydrogens is 212 g/mol. The standard InChI is InChI=1S/C13H26N4/c1-4-7-15-13(14)16-10-12(3)17-8-5-11(2)6-9-17/h4,11-12H,1,5-10H2,2-3H3,(H3,14,15,16). The van der Waals surface area contributed by atoms with Gasteiger partial charge in [0.05, 0.1) is 6.54 Å². The zero-order valence-corrected chi connectivity index (χ0v) is 11.2. The molecule has 0 saturated carbocycles. The van der Waals surface area contributed by atoms with Gasteiger partial charge in [-0.1, -0.05) is 13.0 Å². The van der Waals surface area contributed by atoms with Gasteiger partial charge >= 0.3 is 0 Å². The Balaban J connectivity index is 2.28. The van der Waals surface area contributed by atoms with Crippen molar-refractivity contribution in [1.29, 1.82) is 0 Å². The van der Waals surface area contributed by atoms with Gasteiger partial charge in [-0.05, 0) is 38.8 Å². The lowest BCUT2D eigenvalue weighted by Crippen LogP contribution is -2.42. The van der Waals surface area contributed by atoms with Gasteiger partial charge in [0.25, 0.3) is 0 Å². The summed E-state index contributed by atoms with van der Waals surface area (Å²) < 4.78 is 0. The monoisotopic (exact) mass is 238 g/mol. The highest BCUT2D eigenvalue weighted by Crippen LogP contribution is 2.17. The summed E-state index contributed by atoms with van der Waals surface area (Å²) in [6.45, 7) is 12.0. The molecule has 0 amide bonds. The largest absolute Gasteiger partial charge is 0.370 e. The van der Waals surface area contributed by atoms with Crippen LogP contribution in [0.2, 0.25) is 0 Å². The minimum absolute atomic E-state index is 0.478. The van der Waals surface area contributed by atoms with Gasteiger partial charge in [0.2, 0.25) is 0 Å². The number of nitrogens with zero attached hydrogens (tertiary/aromatic N) is 2. The molecule has 1 aliphatic heterocycles. The summed E-state index contributed by atoms with van der Waals surface area (Å²) in [5.74, 6) is 1.39. The van der Waals surface area contributed by atoms with Crippen molar-refractivity contribution in [2.24, 2.45) is 16.6 Å². The highest BCUT2D eigenvalue weighted by molar-refractivity contribution is 5.77. The van der Waals surface area contributed by atoms with Gasteiger partial charge in [0.15, 0.2) is 5.96 Å². The maximum absolute atomic E-state index is 5.73. The molecule has 1 aliphatic rings. The van der Waals surface area contributed by atoms with Gasteiger partial charge in [-0.2, -0.15) is 0 Å². The van der Waals surface area contributed by atoms with E-state index < -0.39 is 0 Å². The third kappa shape index (κ3) is 5.22. The minimum atomic E-state index is 0.478. The quantitative estimate of drug-likeness (QED) is 0.430. The molecule has 4 heteroatoms. The van der Waals surface area contributed by atoms with Crippen LogP contribution in [0, 0.1) is 5.92 Å². The Kier molecular flexibility index (Phi) is 6.05. The fraction of sp³-hybridized carbons (Fsp3) is 0.769. The second-order valence-corrected chi connectivity index (χ2v) is 4.96. The van der Waals surface area contributed by atoms with E-state index in [1.165, 1.54) is 25.9 Å². The van der Waals surface area contributed by atoms with Crippen LogP contribution in [0.4, 0.5) is 0 Å². The van der Waals surface area contributed by atoms with Gasteiger partial charge in [0.1, 0.15) is 0 Å². The first-order valence-electron chi connectivity index (χ1n) is 6.52. The number of nitrogens with one attached hydrogen (secondary N) is 1. The molecule has 0 radical (unpaired) electrons. The molecule has 1 fully saturated rings. The van der Waals surface area contributed by atoms with E-state index in [0.29, 0.717) is 18.5 Å². The zero-order chi connectivity index (χ0) is 12.7. The smallest absolute Gasteiger partial charge is 0.188 e. The third-order valence-electron chi connectivity index (χ3n) is 3.39. The summed E-state index contributed by atoms with van der Waals surface area (Å²) in [4.78, 5) is 6.85. The van der Waals surface area contributed by atoms with Crippen LogP contribution in [0.1, 0.15) is 26.7 Å². The molecule has 0 spiro atoms. The molecule has 17 heavy (non-hydrogen) atoms. The number of hydrogen-bond acceptors (Lipinski definition) is 2. The van der Waals surface area contributed by atoms with E-state index in [-0.39, 0.29) is 0 Å². The molecule has 0 aliphatic carbocycles. The van der Waals surface area contributed by atoms with Crippen LogP contribution < -0.4 is 11.1 Å². The molecule has 98 valence electrons. The highest BCUT2D eigenvalue weighted by Gasteiger charge is 2.19. The molecule has 0 aromatic rings. The van der Waals surface area contributed by atoms with Crippen LogP contribution in [0.3, 0.4) is 0 Å². The van der Waals surface area contributed by atoms with Crippen LogP contribution >= 0.6 is 0 Å². The van der Waals surface area contributed by atoms with Crippen LogP contribution in [-0.4, -0.2) is 43.1 Å². The van der Waals surface area contributed by atoms with Crippen LogP contribution in [-0.2, 0) is 0 Å². The maximum Gasteiger partial charge on any atom is 0.188 e. The van der Waals surface area contributed by atoms with Crippen LogP contribution in [0.5, 0.6) is 0 Å². The molecule has 1 saturated heterocycles. The van der Waals surface area contributed by atoms with Crippen LogP contribution in [0.25, 0.3) is 0 Å². The number of hydrogen-bond donors (Lipinski definition) is 2. The summed E-state index contributed by atoms with van der Waals surface area (Å²) in [7, 11) is 0. The van der Waals surface area contributed by atoms with E-state index in [0.717, 1.165) is 12.5 Å². The Labute approximate surface area is 105 Å². The average Bonchev–Trinajstić information content (AvgIpc) is 2.34. The first-order valence-corrected chi connectivity index (χ1v) is 6.52. The number of likely N-dealkylation sites (tertiary alicyclic amines) is 1. The van der Waals surface area contributed by atoms with Crippen molar-refractivity contribution >= 4 is 5.96 Å². The zero-order valence-electron chi connectivity index (χ0n) is 11.2. The summed E-state index contributed by atoms with van der Waals surface area (Å²) in [5.41, 5.74) is 5.73. The topological polar surface area (TPSA) is 53.6 Å². The Morgan fingerprint density at radius 1 is 1.59 bits per heavy atom. The number of piperidine rings is 1. The van der Waals surface area contributed by atoms with Crippen molar-refractivity contribution in [3.05, 3.63) is 12.7 Å². The first-order chi connectivity index (χ1) is 8.13. The van der Waals surface area contributed by atoms with E-state index in [4.69, 9.17) is 5.73 Å². The molecule has 1 unspecified atom stereocenters. The van der Waals surface area contributed by atoms with Crippen molar-refractivity contribution in [2.75, 3.05) is 26.2 Å². The summed E-state index contributed by atoms with van der Waals surface area (Å²) >= 11 is 0. The van der Waals surface area contributed by atoms with Crippen molar-refractivity contribution in [2.45, 2.75) is 32.7 Å². The van der Waals surface area contributed by atoms with E-state index in [1.54, 1.807) is 6.08 Å². The first kappa shape index (κ1) is 14.0. The maximum atomic E-state index is 5.73. The molecular formula is C13H26N4. The molecule has 0 aromatic carbocycles. The summed E-state index contributed by atoms with van der Waals surface area (Å²) in [6, 6.07) is 0.478. The summed E-state index contributed by atoms with van der Waals surface area (Å²) in [6.07, 6.45) is 4.38. The molecule has 0 bridgehead atoms. The van der Waals surface area contributed by atoms with E-state index in [9.17, 15) is 0 Å². The average molecular weight is 238 g/mol. The SMILES string of the molecule is C=CCNC(N)=NCC(C)N1CCC(C)CC1. The van der Waals surface area contributed by atoms with Gasteiger partial charge in [-0.15, -0.1) is 6.58 Å². The van der Waals surface area contributed by atoms with Crippen molar-refractivity contribution in [3.8, 4) is 0 Å². The fourth-order valence-electron chi connectivity index (χ4n) is 2.05. The van der Waals surface area contributed by atoms with Crippen molar-refractivity contribution < 1.29 is 0 Å². The predicted octanol–water partition coefficient (Wildman–Crippen LogP) is 1.20. The van der Waals surface area contributed by atoms with Crippen LogP contribution in [0.15, 0.2) is 17.6 Å². The molecule has 4 nitrogen and oxygen atoms in total. The Morgan fingerprint density at radius 2 is 2.24 bits per heavy atom. The lowest BCUT2D eigenvalue weighted by Gasteiger charge is -2.34. The molecule has 1 atom stereocenters. The number of guanidine groups is 1. The fourth-order valence-corrected chi connectivity index (χ4v) is 2.05. The predicted molar refractivity (Wildman–Crippen MR) is 74.1 cm³/mol. The number of aliphatic imine (C=N–C) groups is 1. The van der Waals surface area contributed by atoms with E-state index >= 15 is 0 Å². The Morgan fingerprint density at radius 3 is 2.82 bits per heavy atom. The molecule has 3 N–H and O–H groups in total. The third-order valence-corrected chi connectivity index (χ3v) is 3.39. The molecule has 1 heterocycles. The lowest BCUT2D eigenvalue weighted by molar-refractivity contribution is 0.150. The highest BCUT2D eigenvalue weighted by atomic mass is 15.2. The Hall–Kier alpha value is -1.03. The number of nitrogens with two attached hydrogens (primary N) is 1. The van der Waals surface area contributed by atoms with Gasteiger partial charge < -0.3 is 11.1 Å². The molecule has 0 aromatic heterocycles. The van der Waals surface area contributed by atoms with Gasteiger partial charge in [0, 0.05) is 12.6 Å². The second-order valence-electron chi connectivity index (χ2n) is 4.96. The normalized spacial score (nSPS) is 21.2. The molecule has 1 rings (SSSR count). The summed E-state index contributed by atoms with van der Waals surface area (Å²) in [5, 5.41) is 2.99. The lowest BCUT2D eigenvalue weighted by atomic mass is 9.98. The minimum Gasteiger partial charge on any atom is -0.370 e. The van der Waals surface area contributed by atoms with Crippen molar-refractivity contribution in [3.63, 3.8) is 0 Å². The van der Waals surface area contributed by atoms with Crippen molar-refractivity contribution in [1.82, 2.24) is 10.2 Å². The van der Waals surface area contributed by atoms with E-state index in [2.05, 4.69) is 35.6 Å². The number of rotatable bonds is 5. The second kappa shape index (κ2) is 7.33. The van der Waals surface area contributed by atoms with E-state index in [1.807, 2.05) is 0 Å².